The Morgan fingerprint density at radius 2 is 1.95 bits per heavy atom. The van der Waals surface area contributed by atoms with Gasteiger partial charge in [-0.05, 0) is 43.5 Å². The van der Waals surface area contributed by atoms with E-state index in [0.29, 0.717) is 30.4 Å². The van der Waals surface area contributed by atoms with Gasteiger partial charge in [0.15, 0.2) is 0 Å². The van der Waals surface area contributed by atoms with Gasteiger partial charge in [-0.3, -0.25) is 14.0 Å². The molecule has 2 aliphatic heterocycles. The van der Waals surface area contributed by atoms with E-state index in [1.165, 1.54) is 13.3 Å². The van der Waals surface area contributed by atoms with Crippen LogP contribution in [0.3, 0.4) is 0 Å². The highest BCUT2D eigenvalue weighted by Crippen LogP contribution is 2.41. The number of nitrogens with one attached hydrogen (secondary N) is 1. The maximum absolute atomic E-state index is 15.5. The normalized spacial score (nSPS) is 18.8. The van der Waals surface area contributed by atoms with Crippen LogP contribution in [0, 0.1) is 5.82 Å². The number of aromatic nitrogens is 4. The molecule has 2 amide bonds. The minimum absolute atomic E-state index is 0.0757. The lowest BCUT2D eigenvalue weighted by Gasteiger charge is -2.34. The average Bonchev–Trinajstić information content (AvgIpc) is 3.53. The van der Waals surface area contributed by atoms with Crippen molar-refractivity contribution in [1.82, 2.24) is 24.3 Å². The molecule has 2 saturated heterocycles. The molecule has 42 heavy (non-hydrogen) atoms. The SMILES string of the molecule is COc1cc(C(=O)Nc2cc(C(F)(F)F)ccn2)c(F)cc1-c1nc(C2CCC3CCC(=O)N3C2)n2ccnc(N)c12. The molecule has 2 fully saturated rings. The molecular weight excluding hydrogens is 558 g/mol. The Labute approximate surface area is 236 Å². The third-order valence-electron chi connectivity index (χ3n) is 7.81. The van der Waals surface area contributed by atoms with E-state index in [0.717, 1.165) is 43.7 Å². The summed E-state index contributed by atoms with van der Waals surface area (Å²) in [4.78, 5) is 40.0. The molecule has 3 aromatic heterocycles. The molecule has 2 unspecified atom stereocenters. The lowest BCUT2D eigenvalue weighted by atomic mass is 9.92. The van der Waals surface area contributed by atoms with Crippen LogP contribution in [0.1, 0.15) is 53.3 Å². The van der Waals surface area contributed by atoms with Gasteiger partial charge in [0, 0.05) is 49.1 Å². The number of amides is 2. The second kappa shape index (κ2) is 10.3. The molecule has 0 aliphatic carbocycles. The predicted molar refractivity (Wildman–Crippen MR) is 143 cm³/mol. The van der Waals surface area contributed by atoms with Crippen molar-refractivity contribution in [2.24, 2.45) is 0 Å². The molecule has 2 aliphatic rings. The van der Waals surface area contributed by atoms with Gasteiger partial charge in [0.05, 0.1) is 18.2 Å². The van der Waals surface area contributed by atoms with Crippen molar-refractivity contribution in [3.05, 3.63) is 65.6 Å². The summed E-state index contributed by atoms with van der Waals surface area (Å²) in [7, 11) is 1.33. The minimum atomic E-state index is -4.65. The van der Waals surface area contributed by atoms with Gasteiger partial charge >= 0.3 is 6.18 Å². The van der Waals surface area contributed by atoms with Crippen LogP contribution in [0.4, 0.5) is 29.2 Å². The number of benzene rings is 1. The summed E-state index contributed by atoms with van der Waals surface area (Å²) >= 11 is 0. The van der Waals surface area contributed by atoms with Crippen LogP contribution in [0.5, 0.6) is 5.75 Å². The topological polar surface area (TPSA) is 128 Å². The van der Waals surface area contributed by atoms with Crippen molar-refractivity contribution >= 4 is 29.0 Å². The number of piperidine rings is 1. The molecule has 3 N–H and O–H groups in total. The summed E-state index contributed by atoms with van der Waals surface area (Å²) in [5.74, 6) is -1.53. The van der Waals surface area contributed by atoms with Gasteiger partial charge in [0.2, 0.25) is 5.91 Å². The molecule has 0 radical (unpaired) electrons. The van der Waals surface area contributed by atoms with E-state index in [9.17, 15) is 22.8 Å². The van der Waals surface area contributed by atoms with Gasteiger partial charge in [-0.15, -0.1) is 0 Å². The number of hydrogen-bond acceptors (Lipinski definition) is 7. The number of ether oxygens (including phenoxy) is 1. The van der Waals surface area contributed by atoms with Crippen molar-refractivity contribution in [2.75, 3.05) is 24.7 Å². The average molecular weight is 584 g/mol. The van der Waals surface area contributed by atoms with Gasteiger partial charge < -0.3 is 20.7 Å². The fourth-order valence-electron chi connectivity index (χ4n) is 5.78. The van der Waals surface area contributed by atoms with Gasteiger partial charge in [0.25, 0.3) is 5.91 Å². The molecule has 0 bridgehead atoms. The lowest BCUT2D eigenvalue weighted by Crippen LogP contribution is -2.41. The van der Waals surface area contributed by atoms with Crippen LogP contribution in [-0.4, -0.2) is 55.8 Å². The van der Waals surface area contributed by atoms with E-state index in [-0.39, 0.29) is 40.7 Å². The zero-order chi connectivity index (χ0) is 29.8. The van der Waals surface area contributed by atoms with E-state index in [1.807, 2.05) is 4.90 Å². The first-order valence-electron chi connectivity index (χ1n) is 13.2. The van der Waals surface area contributed by atoms with Crippen molar-refractivity contribution in [2.45, 2.75) is 43.8 Å². The number of imidazole rings is 1. The highest BCUT2D eigenvalue weighted by molar-refractivity contribution is 6.05. The van der Waals surface area contributed by atoms with Gasteiger partial charge in [-0.25, -0.2) is 19.3 Å². The second-order valence-corrected chi connectivity index (χ2v) is 10.3. The number of halogens is 4. The van der Waals surface area contributed by atoms with Crippen LogP contribution >= 0.6 is 0 Å². The maximum atomic E-state index is 15.5. The first-order chi connectivity index (χ1) is 20.0. The van der Waals surface area contributed by atoms with E-state index in [1.54, 1.807) is 10.6 Å². The van der Waals surface area contributed by atoms with Crippen LogP contribution in [0.25, 0.3) is 16.8 Å². The third kappa shape index (κ3) is 4.76. The Morgan fingerprint density at radius 3 is 2.71 bits per heavy atom. The lowest BCUT2D eigenvalue weighted by molar-refractivity contribution is -0.137. The summed E-state index contributed by atoms with van der Waals surface area (Å²) in [5, 5.41) is 2.20. The molecule has 2 atom stereocenters. The van der Waals surface area contributed by atoms with Crippen molar-refractivity contribution in [3.63, 3.8) is 0 Å². The number of rotatable bonds is 5. The molecule has 4 aromatic rings. The maximum Gasteiger partial charge on any atom is 0.416 e. The Balaban J connectivity index is 1.38. The Hall–Kier alpha value is -4.75. The molecular formula is C28H25F4N7O3. The van der Waals surface area contributed by atoms with E-state index >= 15 is 4.39 Å². The number of alkyl halides is 3. The number of nitrogen functional groups attached to an aromatic ring is 1. The Bertz CT molecular complexity index is 1720. The monoisotopic (exact) mass is 583 g/mol. The molecule has 218 valence electrons. The van der Waals surface area contributed by atoms with Crippen LogP contribution < -0.4 is 15.8 Å². The van der Waals surface area contributed by atoms with Gasteiger partial charge in [-0.2, -0.15) is 13.2 Å². The van der Waals surface area contributed by atoms with Crippen LogP contribution in [0.2, 0.25) is 0 Å². The standard InChI is InChI=1S/C28H25F4N7O3/c1-42-20-12-17(27(41)36-21-10-15(6-7-34-21)28(30,31)32)19(29)11-18(20)23-24-25(33)35-8-9-38(24)26(37-23)14-2-3-16-4-5-22(40)39(16)13-14/h6-12,14,16H,2-5,13H2,1H3,(H2,33,35)(H,34,36,41). The quantitative estimate of drug-likeness (QED) is 0.327. The Kier molecular flexibility index (Phi) is 6.70. The largest absolute Gasteiger partial charge is 0.496 e. The van der Waals surface area contributed by atoms with Crippen molar-refractivity contribution in [1.29, 1.82) is 0 Å². The first-order valence-corrected chi connectivity index (χ1v) is 13.2. The van der Waals surface area contributed by atoms with Gasteiger partial charge in [-0.1, -0.05) is 0 Å². The van der Waals surface area contributed by atoms with Crippen LogP contribution in [-0.2, 0) is 11.0 Å². The highest BCUT2D eigenvalue weighted by atomic mass is 19.4. The fourth-order valence-corrected chi connectivity index (χ4v) is 5.78. The molecule has 6 rings (SSSR count). The number of pyridine rings is 1. The number of carbonyl (C=O) groups is 2. The van der Waals surface area contributed by atoms with E-state index < -0.39 is 34.8 Å². The number of carbonyl (C=O) groups excluding carboxylic acids is 2. The summed E-state index contributed by atoms with van der Waals surface area (Å²) < 4.78 is 62.0. The summed E-state index contributed by atoms with van der Waals surface area (Å²) in [5.41, 5.74) is 5.64. The smallest absolute Gasteiger partial charge is 0.416 e. The zero-order valence-electron chi connectivity index (χ0n) is 22.3. The number of methoxy groups -OCH3 is 1. The predicted octanol–water partition coefficient (Wildman–Crippen LogP) is 4.66. The number of nitrogens with two attached hydrogens (primary N) is 1. The summed E-state index contributed by atoms with van der Waals surface area (Å²) in [6, 6.07) is 3.84. The highest BCUT2D eigenvalue weighted by Gasteiger charge is 2.38. The van der Waals surface area contributed by atoms with Crippen molar-refractivity contribution in [3.8, 4) is 17.0 Å². The summed E-state index contributed by atoms with van der Waals surface area (Å²) in [6.45, 7) is 0.498. The fraction of sp³-hybridized carbons (Fsp3) is 0.321. The minimum Gasteiger partial charge on any atom is -0.496 e. The van der Waals surface area contributed by atoms with E-state index in [4.69, 9.17) is 15.5 Å². The Morgan fingerprint density at radius 1 is 1.14 bits per heavy atom. The third-order valence-corrected chi connectivity index (χ3v) is 7.81. The van der Waals surface area contributed by atoms with Crippen molar-refractivity contribution < 1.29 is 31.9 Å². The van der Waals surface area contributed by atoms with Crippen LogP contribution in [0.15, 0.2) is 42.9 Å². The number of fused-ring (bicyclic) bond motifs is 2. The second-order valence-electron chi connectivity index (χ2n) is 10.3. The first kappa shape index (κ1) is 27.4. The molecule has 0 saturated carbocycles. The van der Waals surface area contributed by atoms with Gasteiger partial charge in [0.1, 0.15) is 40.2 Å². The van der Waals surface area contributed by atoms with E-state index in [2.05, 4.69) is 15.3 Å². The summed E-state index contributed by atoms with van der Waals surface area (Å²) in [6.07, 6.45) is 2.47. The molecule has 10 nitrogen and oxygen atoms in total. The molecule has 5 heterocycles. The zero-order valence-corrected chi connectivity index (χ0v) is 22.3. The number of nitrogens with zero attached hydrogens (tertiary/aromatic N) is 5. The number of anilines is 2. The number of hydrogen-bond donors (Lipinski definition) is 2. The molecule has 1 aromatic carbocycles. The molecule has 0 spiro atoms. The molecule has 14 heteroatoms.